The number of hydrogen-bond donors (Lipinski definition) is 2. The minimum atomic E-state index is -0.335. The van der Waals surface area contributed by atoms with E-state index in [0.29, 0.717) is 18.7 Å². The molecule has 2 aliphatic heterocycles. The number of nitrogens with one attached hydrogen (secondary N) is 2. The Bertz CT molecular complexity index is 507. The Hall–Kier alpha value is -1.88. The summed E-state index contributed by atoms with van der Waals surface area (Å²) in [6, 6.07) is 5.43. The lowest BCUT2D eigenvalue weighted by atomic mass is 10.1. The molecule has 1 saturated heterocycles. The molecule has 1 fully saturated rings. The van der Waals surface area contributed by atoms with E-state index in [-0.39, 0.29) is 17.9 Å². The highest BCUT2D eigenvalue weighted by Gasteiger charge is 2.24. The SMILES string of the molecule is O=C1Cc2cc(NC(=O)C3CCCO3)ccc2N1. The van der Waals surface area contributed by atoms with E-state index in [1.165, 1.54) is 0 Å². The molecular formula is C13H14N2O3. The van der Waals surface area contributed by atoms with Crippen LogP contribution >= 0.6 is 0 Å². The number of hydrogen-bond acceptors (Lipinski definition) is 3. The molecule has 5 nitrogen and oxygen atoms in total. The van der Waals surface area contributed by atoms with Gasteiger partial charge in [-0.15, -0.1) is 0 Å². The van der Waals surface area contributed by atoms with E-state index in [1.807, 2.05) is 12.1 Å². The third-order valence-electron chi connectivity index (χ3n) is 3.22. The van der Waals surface area contributed by atoms with E-state index in [1.54, 1.807) is 6.07 Å². The van der Waals surface area contributed by atoms with Gasteiger partial charge < -0.3 is 15.4 Å². The molecule has 2 amide bonds. The monoisotopic (exact) mass is 246 g/mol. The molecule has 3 rings (SSSR count). The van der Waals surface area contributed by atoms with Gasteiger partial charge in [-0.1, -0.05) is 0 Å². The molecule has 1 unspecified atom stereocenters. The van der Waals surface area contributed by atoms with Crippen LogP contribution < -0.4 is 10.6 Å². The average molecular weight is 246 g/mol. The molecule has 1 atom stereocenters. The Morgan fingerprint density at radius 2 is 2.33 bits per heavy atom. The lowest BCUT2D eigenvalue weighted by molar-refractivity contribution is -0.124. The van der Waals surface area contributed by atoms with E-state index >= 15 is 0 Å². The van der Waals surface area contributed by atoms with Crippen LogP contribution in [-0.4, -0.2) is 24.5 Å². The Morgan fingerprint density at radius 1 is 1.44 bits per heavy atom. The maximum Gasteiger partial charge on any atom is 0.253 e. The van der Waals surface area contributed by atoms with Gasteiger partial charge in [0.15, 0.2) is 0 Å². The number of carbonyl (C=O) groups is 2. The van der Waals surface area contributed by atoms with Crippen LogP contribution in [0.4, 0.5) is 11.4 Å². The number of carbonyl (C=O) groups excluding carboxylic acids is 2. The standard InChI is InChI=1S/C13H14N2O3/c16-12-7-8-6-9(3-4-10(8)15-12)14-13(17)11-2-1-5-18-11/h3-4,6,11H,1-2,5,7H2,(H,14,17)(H,15,16). The highest BCUT2D eigenvalue weighted by atomic mass is 16.5. The summed E-state index contributed by atoms with van der Waals surface area (Å²) in [5.74, 6) is -0.114. The van der Waals surface area contributed by atoms with Crippen molar-refractivity contribution < 1.29 is 14.3 Å². The second-order valence-corrected chi connectivity index (χ2v) is 4.59. The van der Waals surface area contributed by atoms with E-state index in [4.69, 9.17) is 4.74 Å². The van der Waals surface area contributed by atoms with Gasteiger partial charge in [-0.25, -0.2) is 0 Å². The molecule has 0 spiro atoms. The number of amides is 2. The molecule has 0 aliphatic carbocycles. The molecule has 5 heteroatoms. The van der Waals surface area contributed by atoms with Gasteiger partial charge in [0.05, 0.1) is 6.42 Å². The third kappa shape index (κ3) is 2.09. The number of fused-ring (bicyclic) bond motifs is 1. The van der Waals surface area contributed by atoms with Crippen molar-refractivity contribution in [3.8, 4) is 0 Å². The maximum atomic E-state index is 11.9. The zero-order valence-electron chi connectivity index (χ0n) is 9.86. The van der Waals surface area contributed by atoms with Crippen molar-refractivity contribution in [3.63, 3.8) is 0 Å². The van der Waals surface area contributed by atoms with Crippen LogP contribution in [0.15, 0.2) is 18.2 Å². The van der Waals surface area contributed by atoms with Crippen molar-refractivity contribution in [1.29, 1.82) is 0 Å². The van der Waals surface area contributed by atoms with Gasteiger partial charge >= 0.3 is 0 Å². The van der Waals surface area contributed by atoms with Crippen LogP contribution in [0.3, 0.4) is 0 Å². The Morgan fingerprint density at radius 3 is 3.11 bits per heavy atom. The summed E-state index contributed by atoms with van der Waals surface area (Å²) in [6.45, 7) is 0.653. The van der Waals surface area contributed by atoms with Crippen molar-refractivity contribution in [1.82, 2.24) is 0 Å². The van der Waals surface area contributed by atoms with Crippen molar-refractivity contribution in [3.05, 3.63) is 23.8 Å². The predicted octanol–water partition coefficient (Wildman–Crippen LogP) is 1.30. The summed E-state index contributed by atoms with van der Waals surface area (Å²) < 4.78 is 5.32. The largest absolute Gasteiger partial charge is 0.368 e. The first-order chi connectivity index (χ1) is 8.72. The Balaban J connectivity index is 1.72. The Labute approximate surface area is 105 Å². The zero-order valence-corrected chi connectivity index (χ0v) is 9.86. The van der Waals surface area contributed by atoms with Gasteiger partial charge in [-0.3, -0.25) is 9.59 Å². The van der Waals surface area contributed by atoms with Gasteiger partial charge in [0.25, 0.3) is 5.91 Å². The fourth-order valence-corrected chi connectivity index (χ4v) is 2.31. The fourth-order valence-electron chi connectivity index (χ4n) is 2.31. The van der Waals surface area contributed by atoms with Crippen molar-refractivity contribution in [2.75, 3.05) is 17.2 Å². The normalized spacial score (nSPS) is 21.6. The zero-order chi connectivity index (χ0) is 12.5. The van der Waals surface area contributed by atoms with E-state index in [2.05, 4.69) is 10.6 Å². The smallest absolute Gasteiger partial charge is 0.253 e. The average Bonchev–Trinajstić information content (AvgIpc) is 2.95. The van der Waals surface area contributed by atoms with Gasteiger partial charge in [-0.05, 0) is 36.6 Å². The molecule has 2 aliphatic rings. The molecule has 0 aromatic heterocycles. The van der Waals surface area contributed by atoms with Crippen LogP contribution in [0.2, 0.25) is 0 Å². The minimum absolute atomic E-state index is 0.00685. The van der Waals surface area contributed by atoms with E-state index in [0.717, 1.165) is 24.1 Å². The molecule has 94 valence electrons. The quantitative estimate of drug-likeness (QED) is 0.826. The van der Waals surface area contributed by atoms with Crippen molar-refractivity contribution in [2.45, 2.75) is 25.4 Å². The summed E-state index contributed by atoms with van der Waals surface area (Å²) in [5.41, 5.74) is 2.46. The lowest BCUT2D eigenvalue weighted by Gasteiger charge is -2.11. The molecule has 1 aromatic rings. The number of ether oxygens (including phenoxy) is 1. The highest BCUT2D eigenvalue weighted by Crippen LogP contribution is 2.26. The second-order valence-electron chi connectivity index (χ2n) is 4.59. The number of anilines is 2. The molecule has 0 saturated carbocycles. The molecule has 18 heavy (non-hydrogen) atoms. The van der Waals surface area contributed by atoms with Crippen molar-refractivity contribution >= 4 is 23.2 Å². The summed E-state index contributed by atoms with van der Waals surface area (Å²) in [6.07, 6.45) is 1.74. The summed E-state index contributed by atoms with van der Waals surface area (Å²) >= 11 is 0. The minimum Gasteiger partial charge on any atom is -0.368 e. The third-order valence-corrected chi connectivity index (χ3v) is 3.22. The van der Waals surface area contributed by atoms with Gasteiger partial charge in [0.2, 0.25) is 5.91 Å². The second kappa shape index (κ2) is 4.42. The first-order valence-electron chi connectivity index (χ1n) is 6.07. The van der Waals surface area contributed by atoms with E-state index < -0.39 is 0 Å². The summed E-state index contributed by atoms with van der Waals surface area (Å²) in [4.78, 5) is 23.1. The molecule has 1 aromatic carbocycles. The highest BCUT2D eigenvalue weighted by molar-refractivity contribution is 6.00. The Kier molecular flexibility index (Phi) is 2.76. The number of benzene rings is 1. The molecule has 0 bridgehead atoms. The topological polar surface area (TPSA) is 67.4 Å². The van der Waals surface area contributed by atoms with Gasteiger partial charge in [0.1, 0.15) is 6.10 Å². The predicted molar refractivity (Wildman–Crippen MR) is 66.4 cm³/mol. The molecule has 2 N–H and O–H groups in total. The molecular weight excluding hydrogens is 232 g/mol. The van der Waals surface area contributed by atoms with Gasteiger partial charge in [-0.2, -0.15) is 0 Å². The number of rotatable bonds is 2. The van der Waals surface area contributed by atoms with E-state index in [9.17, 15) is 9.59 Å². The summed E-state index contributed by atoms with van der Waals surface area (Å²) in [5, 5.41) is 5.58. The summed E-state index contributed by atoms with van der Waals surface area (Å²) in [7, 11) is 0. The van der Waals surface area contributed by atoms with Crippen LogP contribution in [0.1, 0.15) is 18.4 Å². The first kappa shape index (κ1) is 11.2. The van der Waals surface area contributed by atoms with Crippen LogP contribution in [0.25, 0.3) is 0 Å². The van der Waals surface area contributed by atoms with Crippen LogP contribution in [0, 0.1) is 0 Å². The maximum absolute atomic E-state index is 11.9. The molecule has 2 heterocycles. The first-order valence-corrected chi connectivity index (χ1v) is 6.07. The van der Waals surface area contributed by atoms with Gasteiger partial charge in [0, 0.05) is 18.0 Å². The van der Waals surface area contributed by atoms with Crippen LogP contribution in [0.5, 0.6) is 0 Å². The van der Waals surface area contributed by atoms with Crippen LogP contribution in [-0.2, 0) is 20.7 Å². The van der Waals surface area contributed by atoms with Crippen molar-refractivity contribution in [2.24, 2.45) is 0 Å². The fraction of sp³-hybridized carbons (Fsp3) is 0.385. The lowest BCUT2D eigenvalue weighted by Crippen LogP contribution is -2.26. The molecule has 0 radical (unpaired) electrons.